The molecule has 0 aliphatic carbocycles. The summed E-state index contributed by atoms with van der Waals surface area (Å²) in [6.07, 6.45) is 1.83. The maximum Gasteiger partial charge on any atom is 0.331 e. The third kappa shape index (κ3) is 3.36. The topological polar surface area (TPSA) is 59.2 Å². The molecule has 0 saturated heterocycles. The van der Waals surface area contributed by atoms with Crippen molar-refractivity contribution in [3.63, 3.8) is 0 Å². The van der Waals surface area contributed by atoms with Crippen molar-refractivity contribution in [3.05, 3.63) is 40.7 Å². The van der Waals surface area contributed by atoms with Gasteiger partial charge in [0.25, 0.3) is 5.91 Å². The van der Waals surface area contributed by atoms with Gasteiger partial charge in [-0.3, -0.25) is 9.69 Å². The largest absolute Gasteiger partial charge is 0.331 e. The Kier molecular flexibility index (Phi) is 4.74. The van der Waals surface area contributed by atoms with Crippen LogP contribution in [0.4, 0.5) is 6.01 Å². The quantitative estimate of drug-likeness (QED) is 0.847. The standard InChI is InChI=1S/C14H16ClN3O2/c1-3-4-9-18(14-16-10(2)17-20-14)13(19)11-5-7-12(15)8-6-11/h5-8H,3-4,9H2,1-2H3. The molecule has 0 aliphatic rings. The first-order valence-corrected chi connectivity index (χ1v) is 6.87. The number of anilines is 1. The lowest BCUT2D eigenvalue weighted by atomic mass is 10.2. The van der Waals surface area contributed by atoms with E-state index in [4.69, 9.17) is 16.1 Å². The van der Waals surface area contributed by atoms with Crippen LogP contribution in [-0.4, -0.2) is 22.6 Å². The Labute approximate surface area is 122 Å². The van der Waals surface area contributed by atoms with Crippen molar-refractivity contribution in [1.29, 1.82) is 0 Å². The molecule has 1 heterocycles. The minimum absolute atomic E-state index is 0.168. The van der Waals surface area contributed by atoms with Crippen LogP contribution in [0, 0.1) is 6.92 Å². The highest BCUT2D eigenvalue weighted by atomic mass is 35.5. The molecule has 0 atom stereocenters. The van der Waals surface area contributed by atoms with Gasteiger partial charge in [-0.05, 0) is 37.6 Å². The molecule has 0 N–H and O–H groups in total. The molecule has 0 unspecified atom stereocenters. The van der Waals surface area contributed by atoms with Crippen LogP contribution in [0.25, 0.3) is 0 Å². The Morgan fingerprint density at radius 2 is 2.05 bits per heavy atom. The number of carbonyl (C=O) groups excluding carboxylic acids is 1. The van der Waals surface area contributed by atoms with Crippen LogP contribution in [0.2, 0.25) is 5.02 Å². The van der Waals surface area contributed by atoms with Gasteiger partial charge in [-0.25, -0.2) is 0 Å². The number of benzene rings is 1. The van der Waals surface area contributed by atoms with E-state index in [-0.39, 0.29) is 11.9 Å². The summed E-state index contributed by atoms with van der Waals surface area (Å²) in [5.74, 6) is 0.337. The summed E-state index contributed by atoms with van der Waals surface area (Å²) in [6.45, 7) is 4.32. The Bertz CT molecular complexity index is 580. The van der Waals surface area contributed by atoms with Crippen LogP contribution in [0.5, 0.6) is 0 Å². The van der Waals surface area contributed by atoms with Gasteiger partial charge in [0.15, 0.2) is 5.82 Å². The molecule has 1 aromatic heterocycles. The minimum Gasteiger partial charge on any atom is -0.315 e. The van der Waals surface area contributed by atoms with E-state index in [0.29, 0.717) is 23.0 Å². The summed E-state index contributed by atoms with van der Waals surface area (Å²) in [6, 6.07) is 6.98. The van der Waals surface area contributed by atoms with Crippen LogP contribution >= 0.6 is 11.6 Å². The molecule has 0 bridgehead atoms. The third-order valence-electron chi connectivity index (χ3n) is 2.82. The van der Waals surface area contributed by atoms with Gasteiger partial charge in [0.1, 0.15) is 0 Å². The Hall–Kier alpha value is -1.88. The number of amides is 1. The summed E-state index contributed by atoms with van der Waals surface area (Å²) >= 11 is 5.83. The summed E-state index contributed by atoms with van der Waals surface area (Å²) < 4.78 is 5.11. The number of halogens is 1. The highest BCUT2D eigenvalue weighted by Crippen LogP contribution is 2.17. The molecule has 0 fully saturated rings. The van der Waals surface area contributed by atoms with Gasteiger partial charge < -0.3 is 4.52 Å². The Morgan fingerprint density at radius 1 is 1.35 bits per heavy atom. The monoisotopic (exact) mass is 293 g/mol. The number of nitrogens with zero attached hydrogens (tertiary/aromatic N) is 3. The van der Waals surface area contributed by atoms with E-state index in [2.05, 4.69) is 17.1 Å². The van der Waals surface area contributed by atoms with Gasteiger partial charge in [-0.15, -0.1) is 0 Å². The van der Waals surface area contributed by atoms with E-state index < -0.39 is 0 Å². The summed E-state index contributed by atoms with van der Waals surface area (Å²) in [5, 5.41) is 4.33. The smallest absolute Gasteiger partial charge is 0.315 e. The molecule has 0 spiro atoms. The molecule has 6 heteroatoms. The van der Waals surface area contributed by atoms with Crippen molar-refractivity contribution in [2.24, 2.45) is 0 Å². The van der Waals surface area contributed by atoms with Crippen molar-refractivity contribution >= 4 is 23.5 Å². The zero-order chi connectivity index (χ0) is 14.5. The number of carbonyl (C=O) groups is 1. The van der Waals surface area contributed by atoms with Crippen molar-refractivity contribution < 1.29 is 9.32 Å². The molecular formula is C14H16ClN3O2. The second-order valence-corrected chi connectivity index (χ2v) is 4.88. The zero-order valence-electron chi connectivity index (χ0n) is 11.5. The first-order chi connectivity index (χ1) is 9.61. The highest BCUT2D eigenvalue weighted by molar-refractivity contribution is 6.30. The second-order valence-electron chi connectivity index (χ2n) is 4.44. The fourth-order valence-corrected chi connectivity index (χ4v) is 1.87. The van der Waals surface area contributed by atoms with Gasteiger partial charge in [-0.1, -0.05) is 30.1 Å². The predicted octanol–water partition coefficient (Wildman–Crippen LogP) is 3.48. The van der Waals surface area contributed by atoms with Gasteiger partial charge in [0, 0.05) is 17.1 Å². The van der Waals surface area contributed by atoms with Crippen molar-refractivity contribution in [3.8, 4) is 0 Å². The van der Waals surface area contributed by atoms with E-state index in [0.717, 1.165) is 12.8 Å². The molecular weight excluding hydrogens is 278 g/mol. The normalized spacial score (nSPS) is 10.6. The lowest BCUT2D eigenvalue weighted by Crippen LogP contribution is -2.32. The minimum atomic E-state index is -0.168. The molecule has 0 saturated carbocycles. The van der Waals surface area contributed by atoms with Crippen molar-refractivity contribution in [1.82, 2.24) is 10.1 Å². The lowest BCUT2D eigenvalue weighted by Gasteiger charge is -2.17. The van der Waals surface area contributed by atoms with Crippen LogP contribution in [-0.2, 0) is 0 Å². The molecule has 0 radical (unpaired) electrons. The zero-order valence-corrected chi connectivity index (χ0v) is 12.2. The number of hydrogen-bond acceptors (Lipinski definition) is 4. The Morgan fingerprint density at radius 3 is 2.60 bits per heavy atom. The van der Waals surface area contributed by atoms with Gasteiger partial charge in [0.05, 0.1) is 0 Å². The number of unbranched alkanes of at least 4 members (excludes halogenated alkanes) is 1. The fraction of sp³-hybridized carbons (Fsp3) is 0.357. The first kappa shape index (κ1) is 14.5. The number of aromatic nitrogens is 2. The molecule has 106 valence electrons. The van der Waals surface area contributed by atoms with Crippen molar-refractivity contribution in [2.75, 3.05) is 11.4 Å². The maximum absolute atomic E-state index is 12.5. The number of hydrogen-bond donors (Lipinski definition) is 0. The van der Waals surface area contributed by atoms with Gasteiger partial charge >= 0.3 is 6.01 Å². The number of rotatable bonds is 5. The SMILES string of the molecule is CCCCN(C(=O)c1ccc(Cl)cc1)c1nc(C)no1. The van der Waals surface area contributed by atoms with Crippen LogP contribution in [0.3, 0.4) is 0 Å². The summed E-state index contributed by atoms with van der Waals surface area (Å²) in [4.78, 5) is 18.2. The fourth-order valence-electron chi connectivity index (χ4n) is 1.74. The van der Waals surface area contributed by atoms with Crippen LogP contribution < -0.4 is 4.90 Å². The molecule has 0 aliphatic heterocycles. The van der Waals surface area contributed by atoms with Gasteiger partial charge in [-0.2, -0.15) is 4.98 Å². The lowest BCUT2D eigenvalue weighted by molar-refractivity contribution is 0.0979. The maximum atomic E-state index is 12.5. The van der Waals surface area contributed by atoms with Crippen molar-refractivity contribution in [2.45, 2.75) is 26.7 Å². The molecule has 5 nitrogen and oxygen atoms in total. The van der Waals surface area contributed by atoms with E-state index in [9.17, 15) is 4.79 Å². The first-order valence-electron chi connectivity index (χ1n) is 6.49. The van der Waals surface area contributed by atoms with E-state index in [1.807, 2.05) is 0 Å². The van der Waals surface area contributed by atoms with E-state index in [1.54, 1.807) is 31.2 Å². The number of aryl methyl sites for hydroxylation is 1. The Balaban J connectivity index is 2.26. The average Bonchev–Trinajstić information content (AvgIpc) is 2.86. The molecule has 2 rings (SSSR count). The second kappa shape index (κ2) is 6.52. The van der Waals surface area contributed by atoms with Gasteiger partial charge in [0.2, 0.25) is 0 Å². The molecule has 1 aromatic carbocycles. The highest BCUT2D eigenvalue weighted by Gasteiger charge is 2.22. The van der Waals surface area contributed by atoms with Crippen LogP contribution in [0.1, 0.15) is 35.9 Å². The average molecular weight is 294 g/mol. The van der Waals surface area contributed by atoms with Crippen LogP contribution in [0.15, 0.2) is 28.8 Å². The predicted molar refractivity (Wildman–Crippen MR) is 77.1 cm³/mol. The molecule has 2 aromatic rings. The summed E-state index contributed by atoms with van der Waals surface area (Å²) in [5.41, 5.74) is 0.543. The molecule has 1 amide bonds. The molecule has 20 heavy (non-hydrogen) atoms. The van der Waals surface area contributed by atoms with E-state index >= 15 is 0 Å². The summed E-state index contributed by atoms with van der Waals surface area (Å²) in [7, 11) is 0. The van der Waals surface area contributed by atoms with E-state index in [1.165, 1.54) is 4.90 Å². The third-order valence-corrected chi connectivity index (χ3v) is 3.07.